The third-order valence-electron chi connectivity index (χ3n) is 5.35. The normalized spacial score (nSPS) is 44.0. The van der Waals surface area contributed by atoms with Gasteiger partial charge in [-0.1, -0.05) is 13.8 Å². The average molecular weight is 196 g/mol. The SMILES string of the molecule is CN(N=O)[C@]1(C)[C@@H]2CC[C@H](C2)C1(C)C. The molecule has 0 unspecified atom stereocenters. The molecular formula is C11H20N2O. The zero-order valence-electron chi connectivity index (χ0n) is 9.58. The van der Waals surface area contributed by atoms with Gasteiger partial charge in [-0.2, -0.15) is 0 Å². The summed E-state index contributed by atoms with van der Waals surface area (Å²) >= 11 is 0. The Morgan fingerprint density at radius 1 is 1.21 bits per heavy atom. The van der Waals surface area contributed by atoms with Crippen LogP contribution in [0, 0.1) is 22.2 Å². The predicted octanol–water partition coefficient (Wildman–Crippen LogP) is 2.81. The molecule has 0 heterocycles. The van der Waals surface area contributed by atoms with Gasteiger partial charge >= 0.3 is 0 Å². The minimum Gasteiger partial charge on any atom is -0.257 e. The van der Waals surface area contributed by atoms with Gasteiger partial charge in [-0.3, -0.25) is 5.01 Å². The summed E-state index contributed by atoms with van der Waals surface area (Å²) in [6, 6.07) is 0. The number of hydrogen-bond donors (Lipinski definition) is 0. The molecule has 0 saturated heterocycles. The number of nitrogens with zero attached hydrogens (tertiary/aromatic N) is 2. The highest BCUT2D eigenvalue weighted by atomic mass is 16.3. The molecule has 0 radical (unpaired) electrons. The largest absolute Gasteiger partial charge is 0.257 e. The molecule has 3 heteroatoms. The fraction of sp³-hybridized carbons (Fsp3) is 1.00. The number of hydrogen-bond acceptors (Lipinski definition) is 2. The Hall–Kier alpha value is -0.600. The molecule has 0 aromatic carbocycles. The summed E-state index contributed by atoms with van der Waals surface area (Å²) in [5, 5.41) is 4.80. The molecule has 0 spiro atoms. The van der Waals surface area contributed by atoms with E-state index in [2.05, 4.69) is 26.1 Å². The maximum absolute atomic E-state index is 10.7. The molecule has 0 aromatic heterocycles. The van der Waals surface area contributed by atoms with Crippen LogP contribution in [0.5, 0.6) is 0 Å². The number of rotatable bonds is 2. The van der Waals surface area contributed by atoms with Gasteiger partial charge in [0.15, 0.2) is 0 Å². The van der Waals surface area contributed by atoms with E-state index in [1.807, 2.05) is 7.05 Å². The topological polar surface area (TPSA) is 32.7 Å². The van der Waals surface area contributed by atoms with Crippen LogP contribution in [0.2, 0.25) is 0 Å². The summed E-state index contributed by atoms with van der Waals surface area (Å²) in [6.07, 6.45) is 3.88. The standard InChI is InChI=1S/C11H20N2O/c1-10(2)8-5-6-9(7-8)11(10,3)13(4)12-14/h8-9H,5-7H2,1-4H3/t8-,9-,11-/m1/s1. The molecule has 0 amide bonds. The molecule has 2 fully saturated rings. The Morgan fingerprint density at radius 3 is 2.21 bits per heavy atom. The smallest absolute Gasteiger partial charge is 0.0661 e. The summed E-state index contributed by atoms with van der Waals surface area (Å²) in [7, 11) is 1.83. The van der Waals surface area contributed by atoms with Crippen LogP contribution < -0.4 is 0 Å². The number of fused-ring (bicyclic) bond motifs is 2. The lowest BCUT2D eigenvalue weighted by Crippen LogP contribution is -2.55. The van der Waals surface area contributed by atoms with E-state index < -0.39 is 0 Å². The molecule has 2 rings (SSSR count). The summed E-state index contributed by atoms with van der Waals surface area (Å²) in [5.74, 6) is 1.44. The fourth-order valence-corrected chi connectivity index (χ4v) is 3.85. The summed E-state index contributed by atoms with van der Waals surface area (Å²) in [4.78, 5) is 10.7. The first-order chi connectivity index (χ1) is 6.44. The second kappa shape index (κ2) is 2.71. The third-order valence-corrected chi connectivity index (χ3v) is 5.35. The van der Waals surface area contributed by atoms with Crippen molar-refractivity contribution in [3.8, 4) is 0 Å². The van der Waals surface area contributed by atoms with Gasteiger partial charge < -0.3 is 0 Å². The zero-order valence-corrected chi connectivity index (χ0v) is 9.58. The molecule has 2 saturated carbocycles. The van der Waals surface area contributed by atoms with Crippen molar-refractivity contribution in [1.82, 2.24) is 5.01 Å². The first kappa shape index (κ1) is 9.94. The lowest BCUT2D eigenvalue weighted by molar-refractivity contribution is -0.0304. The molecule has 2 bridgehead atoms. The van der Waals surface area contributed by atoms with Crippen LogP contribution in [0.25, 0.3) is 0 Å². The van der Waals surface area contributed by atoms with Crippen molar-refractivity contribution in [3.05, 3.63) is 4.91 Å². The van der Waals surface area contributed by atoms with Crippen LogP contribution in [0.3, 0.4) is 0 Å². The van der Waals surface area contributed by atoms with Gasteiger partial charge in [-0.15, -0.1) is 4.91 Å². The fourth-order valence-electron chi connectivity index (χ4n) is 3.85. The molecule has 2 aliphatic rings. The molecule has 2 aliphatic carbocycles. The van der Waals surface area contributed by atoms with Gasteiger partial charge in [0.1, 0.15) is 0 Å². The van der Waals surface area contributed by atoms with Crippen molar-refractivity contribution < 1.29 is 0 Å². The van der Waals surface area contributed by atoms with Crippen molar-refractivity contribution in [2.75, 3.05) is 7.05 Å². The van der Waals surface area contributed by atoms with Crippen molar-refractivity contribution in [2.24, 2.45) is 22.5 Å². The van der Waals surface area contributed by atoms with Gasteiger partial charge in [0.2, 0.25) is 0 Å². The predicted molar refractivity (Wildman–Crippen MR) is 56.6 cm³/mol. The van der Waals surface area contributed by atoms with Crippen LogP contribution in [-0.4, -0.2) is 17.6 Å². The van der Waals surface area contributed by atoms with Crippen molar-refractivity contribution in [1.29, 1.82) is 0 Å². The van der Waals surface area contributed by atoms with Crippen molar-refractivity contribution >= 4 is 0 Å². The molecule has 3 nitrogen and oxygen atoms in total. The first-order valence-corrected chi connectivity index (χ1v) is 5.51. The van der Waals surface area contributed by atoms with Crippen LogP contribution >= 0.6 is 0 Å². The Bertz CT molecular complexity index is 264. The Kier molecular flexibility index (Phi) is 1.92. The van der Waals surface area contributed by atoms with E-state index in [1.165, 1.54) is 19.3 Å². The van der Waals surface area contributed by atoms with E-state index in [-0.39, 0.29) is 11.0 Å². The molecule has 80 valence electrons. The Balaban J connectivity index is 2.38. The monoisotopic (exact) mass is 196 g/mol. The second-order valence-corrected chi connectivity index (χ2v) is 5.68. The van der Waals surface area contributed by atoms with E-state index in [1.54, 1.807) is 5.01 Å². The second-order valence-electron chi connectivity index (χ2n) is 5.68. The Morgan fingerprint density at radius 2 is 1.79 bits per heavy atom. The van der Waals surface area contributed by atoms with Crippen LogP contribution in [0.4, 0.5) is 0 Å². The molecule has 3 atom stereocenters. The van der Waals surface area contributed by atoms with E-state index >= 15 is 0 Å². The zero-order chi connectivity index (χ0) is 10.6. The molecule has 0 aliphatic heterocycles. The highest BCUT2D eigenvalue weighted by Crippen LogP contribution is 2.63. The molecule has 0 N–H and O–H groups in total. The maximum Gasteiger partial charge on any atom is 0.0661 e. The molecule has 0 aromatic rings. The highest BCUT2D eigenvalue weighted by molar-refractivity contribution is 5.13. The van der Waals surface area contributed by atoms with E-state index in [0.717, 1.165) is 5.92 Å². The Labute approximate surface area is 85.8 Å². The van der Waals surface area contributed by atoms with E-state index in [9.17, 15) is 4.91 Å². The minimum atomic E-state index is -0.0301. The van der Waals surface area contributed by atoms with Gasteiger partial charge in [-0.25, -0.2) is 0 Å². The van der Waals surface area contributed by atoms with Gasteiger partial charge in [-0.05, 0) is 43.4 Å². The average Bonchev–Trinajstić information content (AvgIpc) is 2.68. The van der Waals surface area contributed by atoms with Crippen LogP contribution in [0.1, 0.15) is 40.0 Å². The lowest BCUT2D eigenvalue weighted by Gasteiger charge is -2.50. The van der Waals surface area contributed by atoms with Crippen molar-refractivity contribution in [3.63, 3.8) is 0 Å². The molecular weight excluding hydrogens is 176 g/mol. The van der Waals surface area contributed by atoms with Crippen LogP contribution in [-0.2, 0) is 0 Å². The van der Waals surface area contributed by atoms with Gasteiger partial charge in [0.25, 0.3) is 0 Å². The van der Waals surface area contributed by atoms with Crippen molar-refractivity contribution in [2.45, 2.75) is 45.6 Å². The quantitative estimate of drug-likeness (QED) is 0.502. The summed E-state index contributed by atoms with van der Waals surface area (Å²) in [5.41, 5.74) is 0.191. The van der Waals surface area contributed by atoms with Gasteiger partial charge in [0.05, 0.1) is 10.8 Å². The first-order valence-electron chi connectivity index (χ1n) is 5.51. The third kappa shape index (κ3) is 0.882. The summed E-state index contributed by atoms with van der Waals surface area (Å²) in [6.45, 7) is 6.79. The molecule has 14 heavy (non-hydrogen) atoms. The minimum absolute atomic E-state index is 0.0301. The number of nitroso groups, excluding NO2 is 1. The summed E-state index contributed by atoms with van der Waals surface area (Å²) < 4.78 is 0. The lowest BCUT2D eigenvalue weighted by atomic mass is 9.64. The highest BCUT2D eigenvalue weighted by Gasteiger charge is 2.62. The van der Waals surface area contributed by atoms with E-state index in [4.69, 9.17) is 0 Å². The maximum atomic E-state index is 10.7. The van der Waals surface area contributed by atoms with E-state index in [0.29, 0.717) is 5.92 Å². The van der Waals surface area contributed by atoms with Crippen LogP contribution in [0.15, 0.2) is 5.29 Å². The van der Waals surface area contributed by atoms with Gasteiger partial charge in [0, 0.05) is 7.05 Å².